The first-order valence-corrected chi connectivity index (χ1v) is 12.7. The lowest BCUT2D eigenvalue weighted by atomic mass is 10.1. The van der Waals surface area contributed by atoms with E-state index in [0.717, 1.165) is 50.7 Å². The smallest absolute Gasteiger partial charge is 0.416 e. The first kappa shape index (κ1) is 25.8. The maximum Gasteiger partial charge on any atom is 0.416 e. The van der Waals surface area contributed by atoms with E-state index in [2.05, 4.69) is 5.32 Å². The van der Waals surface area contributed by atoms with Gasteiger partial charge in [-0.25, -0.2) is 8.42 Å². The van der Waals surface area contributed by atoms with Crippen LogP contribution in [0.1, 0.15) is 24.8 Å². The van der Waals surface area contributed by atoms with Crippen LogP contribution >= 0.6 is 0 Å². The number of rotatable bonds is 8. The quantitative estimate of drug-likeness (QED) is 0.597. The van der Waals surface area contributed by atoms with Gasteiger partial charge in [0.05, 0.1) is 24.1 Å². The second-order valence-corrected chi connectivity index (χ2v) is 10.0. The van der Waals surface area contributed by atoms with Crippen LogP contribution in [-0.4, -0.2) is 58.2 Å². The van der Waals surface area contributed by atoms with E-state index >= 15 is 0 Å². The molecule has 2 aromatic carbocycles. The zero-order chi connectivity index (χ0) is 24.9. The Balaban J connectivity index is 1.78. The van der Waals surface area contributed by atoms with Crippen LogP contribution in [0.15, 0.2) is 48.5 Å². The molecule has 0 aromatic heterocycles. The van der Waals surface area contributed by atoms with Crippen LogP contribution in [0, 0.1) is 0 Å². The number of benzene rings is 2. The Morgan fingerprint density at radius 3 is 2.03 bits per heavy atom. The Morgan fingerprint density at radius 2 is 1.56 bits per heavy atom. The summed E-state index contributed by atoms with van der Waals surface area (Å²) in [5.74, 6) is 0.291. The molecule has 34 heavy (non-hydrogen) atoms. The molecule has 7 nitrogen and oxygen atoms in total. The van der Waals surface area contributed by atoms with Crippen molar-refractivity contribution in [3.63, 3.8) is 0 Å². The number of sulfonamides is 1. The molecule has 0 radical (unpaired) electrons. The number of alkyl halides is 3. The molecule has 3 rings (SSSR count). The SMILES string of the molecule is CNC(=O)[C@H](CN(c1ccc(Oc2ccc(C(F)(F)F)cc2)cc1)S(C)(=O)=O)N1CCCCC1. The van der Waals surface area contributed by atoms with Crippen molar-refractivity contribution in [1.82, 2.24) is 10.2 Å². The van der Waals surface area contributed by atoms with Crippen LogP contribution in [0.25, 0.3) is 0 Å². The third-order valence-electron chi connectivity index (χ3n) is 5.66. The summed E-state index contributed by atoms with van der Waals surface area (Å²) in [6.45, 7) is 1.39. The van der Waals surface area contributed by atoms with Crippen molar-refractivity contribution >= 4 is 21.6 Å². The van der Waals surface area contributed by atoms with Gasteiger partial charge >= 0.3 is 6.18 Å². The number of amides is 1. The predicted molar refractivity (Wildman–Crippen MR) is 123 cm³/mol. The van der Waals surface area contributed by atoms with Gasteiger partial charge in [0.15, 0.2) is 0 Å². The normalized spacial score (nSPS) is 16.0. The third kappa shape index (κ3) is 6.63. The molecule has 2 aromatic rings. The molecule has 1 heterocycles. The van der Waals surface area contributed by atoms with Gasteiger partial charge in [-0.05, 0) is 74.5 Å². The number of carbonyl (C=O) groups is 1. The monoisotopic (exact) mass is 499 g/mol. The number of hydrogen-bond acceptors (Lipinski definition) is 5. The molecule has 1 fully saturated rings. The molecule has 186 valence electrons. The van der Waals surface area contributed by atoms with Gasteiger partial charge in [0.25, 0.3) is 0 Å². The molecule has 1 aliphatic heterocycles. The van der Waals surface area contributed by atoms with Crippen molar-refractivity contribution in [2.75, 3.05) is 37.2 Å². The average Bonchev–Trinajstić information content (AvgIpc) is 2.79. The van der Waals surface area contributed by atoms with Gasteiger partial charge in [0, 0.05) is 7.05 Å². The minimum Gasteiger partial charge on any atom is -0.457 e. The first-order chi connectivity index (χ1) is 16.0. The van der Waals surface area contributed by atoms with Gasteiger partial charge in [0.1, 0.15) is 17.5 Å². The number of likely N-dealkylation sites (tertiary alicyclic amines) is 1. The van der Waals surface area contributed by atoms with Crippen LogP contribution in [0.5, 0.6) is 11.5 Å². The highest BCUT2D eigenvalue weighted by atomic mass is 32.2. The van der Waals surface area contributed by atoms with Crippen LogP contribution in [0.2, 0.25) is 0 Å². The minimum absolute atomic E-state index is 0.0440. The number of anilines is 1. The molecular formula is C23H28F3N3O4S. The number of nitrogens with zero attached hydrogens (tertiary/aromatic N) is 2. The standard InChI is InChI=1S/C23H28F3N3O4S/c1-27-22(30)21(28-14-4-3-5-15-28)16-29(34(2,31)32)18-8-12-20(13-9-18)33-19-10-6-17(7-11-19)23(24,25)26/h6-13,21H,3-5,14-16H2,1-2H3,(H,27,30)/t21-/m0/s1. The maximum atomic E-state index is 12.7. The molecule has 0 spiro atoms. The number of piperidine rings is 1. The largest absolute Gasteiger partial charge is 0.457 e. The summed E-state index contributed by atoms with van der Waals surface area (Å²) in [5, 5.41) is 2.63. The number of ether oxygens (including phenoxy) is 1. The molecule has 1 amide bonds. The summed E-state index contributed by atoms with van der Waals surface area (Å²) in [4.78, 5) is 14.6. The van der Waals surface area contributed by atoms with Crippen LogP contribution in [0.3, 0.4) is 0 Å². The van der Waals surface area contributed by atoms with E-state index in [9.17, 15) is 26.4 Å². The van der Waals surface area contributed by atoms with Gasteiger partial charge in [-0.1, -0.05) is 6.42 Å². The Hall–Kier alpha value is -2.79. The fourth-order valence-corrected chi connectivity index (χ4v) is 4.80. The van der Waals surface area contributed by atoms with Gasteiger partial charge in [-0.3, -0.25) is 14.0 Å². The summed E-state index contributed by atoms with van der Waals surface area (Å²) in [6.07, 6.45) is -0.384. The molecule has 1 atom stereocenters. The summed E-state index contributed by atoms with van der Waals surface area (Å²) >= 11 is 0. The lowest BCUT2D eigenvalue weighted by Gasteiger charge is -2.36. The van der Waals surface area contributed by atoms with Crippen molar-refractivity contribution in [2.45, 2.75) is 31.5 Å². The van der Waals surface area contributed by atoms with Crippen molar-refractivity contribution < 1.29 is 31.1 Å². The highest BCUT2D eigenvalue weighted by Crippen LogP contribution is 2.32. The Morgan fingerprint density at radius 1 is 1.03 bits per heavy atom. The van der Waals surface area contributed by atoms with E-state index in [1.54, 1.807) is 0 Å². The Labute approximate surface area is 197 Å². The van der Waals surface area contributed by atoms with Crippen LogP contribution in [0.4, 0.5) is 18.9 Å². The van der Waals surface area contributed by atoms with Gasteiger partial charge in [-0.2, -0.15) is 13.2 Å². The zero-order valence-corrected chi connectivity index (χ0v) is 19.8. The second kappa shape index (κ2) is 10.6. The topological polar surface area (TPSA) is 79.0 Å². The number of carbonyl (C=O) groups excluding carboxylic acids is 1. The molecule has 1 aliphatic rings. The summed E-state index contributed by atoms with van der Waals surface area (Å²) in [6, 6.07) is 9.78. The van der Waals surface area contributed by atoms with Crippen molar-refractivity contribution in [1.29, 1.82) is 0 Å². The lowest BCUT2D eigenvalue weighted by molar-refractivity contribution is -0.137. The van der Waals surface area contributed by atoms with Crippen LogP contribution < -0.4 is 14.4 Å². The van der Waals surface area contributed by atoms with E-state index in [4.69, 9.17) is 4.74 Å². The number of hydrogen-bond donors (Lipinski definition) is 1. The average molecular weight is 500 g/mol. The minimum atomic E-state index is -4.43. The molecule has 0 aliphatic carbocycles. The van der Waals surface area contributed by atoms with E-state index in [0.29, 0.717) is 11.4 Å². The molecule has 1 N–H and O–H groups in total. The van der Waals surface area contributed by atoms with E-state index in [1.807, 2.05) is 4.90 Å². The van der Waals surface area contributed by atoms with Gasteiger partial charge in [0.2, 0.25) is 15.9 Å². The fraction of sp³-hybridized carbons (Fsp3) is 0.435. The van der Waals surface area contributed by atoms with Crippen molar-refractivity contribution in [3.05, 3.63) is 54.1 Å². The van der Waals surface area contributed by atoms with Crippen molar-refractivity contribution in [3.8, 4) is 11.5 Å². The molecule has 11 heteroatoms. The highest BCUT2D eigenvalue weighted by Gasteiger charge is 2.32. The Bertz CT molecular complexity index is 1070. The van der Waals surface area contributed by atoms with E-state index in [-0.39, 0.29) is 18.2 Å². The molecule has 0 unspecified atom stereocenters. The van der Waals surface area contributed by atoms with E-state index < -0.39 is 27.8 Å². The van der Waals surface area contributed by atoms with Crippen LogP contribution in [-0.2, 0) is 21.0 Å². The fourth-order valence-electron chi connectivity index (χ4n) is 3.88. The third-order valence-corrected chi connectivity index (χ3v) is 6.82. The molecular weight excluding hydrogens is 471 g/mol. The zero-order valence-electron chi connectivity index (χ0n) is 19.0. The molecule has 0 saturated carbocycles. The maximum absolute atomic E-state index is 12.7. The van der Waals surface area contributed by atoms with E-state index in [1.165, 1.54) is 47.8 Å². The number of nitrogens with one attached hydrogen (secondary N) is 1. The summed E-state index contributed by atoms with van der Waals surface area (Å²) in [5.41, 5.74) is -0.424. The van der Waals surface area contributed by atoms with Gasteiger partial charge in [-0.15, -0.1) is 0 Å². The summed E-state index contributed by atoms with van der Waals surface area (Å²) in [7, 11) is -2.18. The molecule has 0 bridgehead atoms. The highest BCUT2D eigenvalue weighted by molar-refractivity contribution is 7.92. The van der Waals surface area contributed by atoms with Crippen molar-refractivity contribution in [2.24, 2.45) is 0 Å². The second-order valence-electron chi connectivity index (χ2n) is 8.14. The summed E-state index contributed by atoms with van der Waals surface area (Å²) < 4.78 is 70.1. The first-order valence-electron chi connectivity index (χ1n) is 10.9. The number of halogens is 3. The lowest BCUT2D eigenvalue weighted by Crippen LogP contribution is -2.54. The number of likely N-dealkylation sites (N-methyl/N-ethyl adjacent to an activating group) is 1. The van der Waals surface area contributed by atoms with Gasteiger partial charge < -0.3 is 10.1 Å². The molecule has 1 saturated heterocycles. The predicted octanol–water partition coefficient (Wildman–Crippen LogP) is 3.86. The Kier molecular flexibility index (Phi) is 8.09.